The highest BCUT2D eigenvalue weighted by Gasteiger charge is 2.06. The molecule has 1 aliphatic heterocycles. The Balaban J connectivity index is 2.37. The highest BCUT2D eigenvalue weighted by Crippen LogP contribution is 2.21. The molecule has 0 unspecified atom stereocenters. The first-order valence-corrected chi connectivity index (χ1v) is 6.24. The van der Waals surface area contributed by atoms with Crippen molar-refractivity contribution >= 4 is 5.70 Å². The summed E-state index contributed by atoms with van der Waals surface area (Å²) in [6, 6.07) is 10.6. The molecule has 1 N–H and O–H groups in total. The summed E-state index contributed by atoms with van der Waals surface area (Å²) in [5.74, 6) is 0. The summed E-state index contributed by atoms with van der Waals surface area (Å²) in [7, 11) is 0. The second-order valence-corrected chi connectivity index (χ2v) is 4.14. The number of hydrogen-bond donors (Lipinski definition) is 1. The monoisotopic (exact) mass is 225 g/mol. The minimum absolute atomic E-state index is 0.887. The molecule has 0 fully saturated rings. The van der Waals surface area contributed by atoms with E-state index in [4.69, 9.17) is 0 Å². The SMILES string of the molecule is CC/C1=C(\c2ccccc2)NC/C=C\C=C/C1. The maximum absolute atomic E-state index is 3.53. The van der Waals surface area contributed by atoms with Gasteiger partial charge in [-0.05, 0) is 24.0 Å². The molecule has 2 rings (SSSR count). The first-order valence-electron chi connectivity index (χ1n) is 6.24. The van der Waals surface area contributed by atoms with Crippen molar-refractivity contribution in [3.8, 4) is 0 Å². The molecule has 1 heteroatoms. The second-order valence-electron chi connectivity index (χ2n) is 4.14. The molecule has 88 valence electrons. The van der Waals surface area contributed by atoms with Crippen molar-refractivity contribution in [1.29, 1.82) is 0 Å². The van der Waals surface area contributed by atoms with Crippen LogP contribution >= 0.6 is 0 Å². The summed E-state index contributed by atoms with van der Waals surface area (Å²) < 4.78 is 0. The average Bonchev–Trinajstić information content (AvgIpc) is 2.51. The van der Waals surface area contributed by atoms with Gasteiger partial charge in [-0.25, -0.2) is 0 Å². The van der Waals surface area contributed by atoms with Crippen molar-refractivity contribution in [2.45, 2.75) is 19.8 Å². The molecule has 0 saturated heterocycles. The fraction of sp³-hybridized carbons (Fsp3) is 0.250. The molecule has 0 radical (unpaired) electrons. The standard InChI is InChI=1S/C16H19N/c1-2-14-10-6-3-4-9-13-17-16(14)15-11-7-5-8-12-15/h3-9,11-12,17H,2,10,13H2,1H3/b6-3-,9-4-,16-14-. The Morgan fingerprint density at radius 3 is 2.59 bits per heavy atom. The molecular formula is C16H19N. The molecule has 0 atom stereocenters. The van der Waals surface area contributed by atoms with E-state index in [1.165, 1.54) is 16.8 Å². The van der Waals surface area contributed by atoms with Crippen LogP contribution in [0.2, 0.25) is 0 Å². The first kappa shape index (κ1) is 11.7. The number of nitrogens with one attached hydrogen (secondary N) is 1. The van der Waals surface area contributed by atoms with Gasteiger partial charge in [0.05, 0.1) is 0 Å². The van der Waals surface area contributed by atoms with E-state index in [-0.39, 0.29) is 0 Å². The van der Waals surface area contributed by atoms with Crippen LogP contribution in [0.1, 0.15) is 25.3 Å². The predicted molar refractivity (Wildman–Crippen MR) is 74.6 cm³/mol. The maximum Gasteiger partial charge on any atom is 0.0411 e. The van der Waals surface area contributed by atoms with Gasteiger partial charge in [0.2, 0.25) is 0 Å². The maximum atomic E-state index is 3.53. The van der Waals surface area contributed by atoms with E-state index in [2.05, 4.69) is 66.9 Å². The van der Waals surface area contributed by atoms with Gasteiger partial charge >= 0.3 is 0 Å². The Morgan fingerprint density at radius 1 is 1.06 bits per heavy atom. The summed E-state index contributed by atoms with van der Waals surface area (Å²) in [4.78, 5) is 0. The lowest BCUT2D eigenvalue weighted by Gasteiger charge is -2.15. The Morgan fingerprint density at radius 2 is 1.82 bits per heavy atom. The largest absolute Gasteiger partial charge is 0.381 e. The fourth-order valence-electron chi connectivity index (χ4n) is 2.06. The number of hydrogen-bond acceptors (Lipinski definition) is 1. The molecule has 0 aromatic heterocycles. The van der Waals surface area contributed by atoms with Crippen LogP contribution in [0.5, 0.6) is 0 Å². The molecule has 17 heavy (non-hydrogen) atoms. The van der Waals surface area contributed by atoms with E-state index in [1.807, 2.05) is 0 Å². The van der Waals surface area contributed by atoms with E-state index in [1.54, 1.807) is 0 Å². The Labute approximate surface area is 104 Å². The number of allylic oxidation sites excluding steroid dienone is 4. The van der Waals surface area contributed by atoms with Crippen molar-refractivity contribution in [1.82, 2.24) is 5.32 Å². The molecule has 1 aliphatic rings. The number of rotatable bonds is 2. The van der Waals surface area contributed by atoms with Gasteiger partial charge in [0.15, 0.2) is 0 Å². The van der Waals surface area contributed by atoms with Gasteiger partial charge in [0.1, 0.15) is 0 Å². The summed E-state index contributed by atoms with van der Waals surface area (Å²) in [6.07, 6.45) is 10.7. The third-order valence-electron chi connectivity index (χ3n) is 2.99. The van der Waals surface area contributed by atoms with Crippen molar-refractivity contribution < 1.29 is 0 Å². The van der Waals surface area contributed by atoms with Gasteiger partial charge < -0.3 is 5.32 Å². The molecular weight excluding hydrogens is 206 g/mol. The lowest BCUT2D eigenvalue weighted by atomic mass is 10.0. The molecule has 1 aromatic carbocycles. The number of benzene rings is 1. The molecule has 0 aliphatic carbocycles. The first-order chi connectivity index (χ1) is 8.42. The van der Waals surface area contributed by atoms with Gasteiger partial charge in [0.25, 0.3) is 0 Å². The van der Waals surface area contributed by atoms with E-state index >= 15 is 0 Å². The third kappa shape index (κ3) is 3.10. The molecule has 1 aromatic rings. The van der Waals surface area contributed by atoms with E-state index < -0.39 is 0 Å². The third-order valence-corrected chi connectivity index (χ3v) is 2.99. The highest BCUT2D eigenvalue weighted by molar-refractivity contribution is 5.67. The van der Waals surface area contributed by atoms with Gasteiger partial charge in [-0.1, -0.05) is 61.6 Å². The zero-order valence-electron chi connectivity index (χ0n) is 10.3. The smallest absolute Gasteiger partial charge is 0.0411 e. The van der Waals surface area contributed by atoms with Gasteiger partial charge in [-0.3, -0.25) is 0 Å². The minimum atomic E-state index is 0.887. The Kier molecular flexibility index (Phi) is 4.20. The van der Waals surface area contributed by atoms with Crippen LogP contribution in [0.15, 0.2) is 60.2 Å². The molecule has 1 nitrogen and oxygen atoms in total. The summed E-state index contributed by atoms with van der Waals surface area (Å²) >= 11 is 0. The van der Waals surface area contributed by atoms with Crippen LogP contribution in [-0.4, -0.2) is 6.54 Å². The van der Waals surface area contributed by atoms with Crippen molar-refractivity contribution in [3.05, 3.63) is 65.8 Å². The van der Waals surface area contributed by atoms with Crippen LogP contribution in [0.25, 0.3) is 5.70 Å². The van der Waals surface area contributed by atoms with Gasteiger partial charge in [-0.2, -0.15) is 0 Å². The minimum Gasteiger partial charge on any atom is -0.381 e. The Bertz CT molecular complexity index is 438. The predicted octanol–water partition coefficient (Wildman–Crippen LogP) is 3.91. The zero-order valence-corrected chi connectivity index (χ0v) is 10.3. The van der Waals surface area contributed by atoms with Crippen LogP contribution < -0.4 is 5.32 Å². The lowest BCUT2D eigenvalue weighted by molar-refractivity contribution is 0.950. The van der Waals surface area contributed by atoms with E-state index in [9.17, 15) is 0 Å². The molecule has 0 amide bonds. The lowest BCUT2D eigenvalue weighted by Crippen LogP contribution is -2.14. The summed E-state index contributed by atoms with van der Waals surface area (Å²) in [5.41, 5.74) is 4.05. The van der Waals surface area contributed by atoms with Gasteiger partial charge in [-0.15, -0.1) is 0 Å². The van der Waals surface area contributed by atoms with Crippen molar-refractivity contribution in [3.63, 3.8) is 0 Å². The van der Waals surface area contributed by atoms with Crippen LogP contribution in [0.4, 0.5) is 0 Å². The molecule has 0 spiro atoms. The van der Waals surface area contributed by atoms with Gasteiger partial charge in [0, 0.05) is 12.2 Å². The van der Waals surface area contributed by atoms with Crippen LogP contribution in [0, 0.1) is 0 Å². The zero-order chi connectivity index (χ0) is 11.9. The highest BCUT2D eigenvalue weighted by atomic mass is 14.9. The topological polar surface area (TPSA) is 12.0 Å². The van der Waals surface area contributed by atoms with Crippen molar-refractivity contribution in [2.75, 3.05) is 6.54 Å². The second kappa shape index (κ2) is 6.09. The average molecular weight is 225 g/mol. The van der Waals surface area contributed by atoms with Crippen LogP contribution in [-0.2, 0) is 0 Å². The summed E-state index contributed by atoms with van der Waals surface area (Å²) in [6.45, 7) is 3.11. The summed E-state index contributed by atoms with van der Waals surface area (Å²) in [5, 5.41) is 3.53. The van der Waals surface area contributed by atoms with Crippen LogP contribution in [0.3, 0.4) is 0 Å². The van der Waals surface area contributed by atoms with E-state index in [0.717, 1.165) is 19.4 Å². The fourth-order valence-corrected chi connectivity index (χ4v) is 2.06. The quantitative estimate of drug-likeness (QED) is 0.804. The van der Waals surface area contributed by atoms with E-state index in [0.29, 0.717) is 0 Å². The Hall–Kier alpha value is -1.76. The van der Waals surface area contributed by atoms with Crippen molar-refractivity contribution in [2.24, 2.45) is 0 Å². The molecule has 0 saturated carbocycles. The molecule has 1 heterocycles. The molecule has 0 bridgehead atoms. The normalized spacial score (nSPS) is 24.1.